The van der Waals surface area contributed by atoms with E-state index in [9.17, 15) is 4.79 Å². The van der Waals surface area contributed by atoms with E-state index < -0.39 is 12.2 Å². The van der Waals surface area contributed by atoms with E-state index in [1.54, 1.807) is 19.1 Å². The van der Waals surface area contributed by atoms with Crippen LogP contribution < -0.4 is 9.64 Å². The van der Waals surface area contributed by atoms with Crippen LogP contribution in [0, 0.1) is 0 Å². The zero-order chi connectivity index (χ0) is 19.4. The maximum atomic E-state index is 12.7. The Morgan fingerprint density at radius 3 is 2.26 bits per heavy atom. The van der Waals surface area contributed by atoms with Crippen molar-refractivity contribution in [1.82, 2.24) is 0 Å². The number of carbonyl (C=O) groups is 1. The highest BCUT2D eigenvalue weighted by Crippen LogP contribution is 2.37. The number of β-lactam (4-membered cyclic amide) rings is 1. The van der Waals surface area contributed by atoms with Gasteiger partial charge in [-0.1, -0.05) is 36.9 Å². The van der Waals surface area contributed by atoms with E-state index in [4.69, 9.17) is 14.2 Å². The van der Waals surface area contributed by atoms with Crippen LogP contribution in [-0.4, -0.2) is 45.5 Å². The largest absolute Gasteiger partial charge is 0.497 e. The zero-order valence-corrected chi connectivity index (χ0v) is 15.7. The number of ether oxygens (including phenoxy) is 3. The van der Waals surface area contributed by atoms with Gasteiger partial charge in [0.15, 0.2) is 6.10 Å². The molecule has 1 heterocycles. The number of nitrogens with zero attached hydrogens (tertiary/aromatic N) is 1. The summed E-state index contributed by atoms with van der Waals surface area (Å²) in [4.78, 5) is 14.4. The lowest BCUT2D eigenvalue weighted by atomic mass is 9.85. The summed E-state index contributed by atoms with van der Waals surface area (Å²) >= 11 is 0. The summed E-state index contributed by atoms with van der Waals surface area (Å²) in [6.45, 7) is 3.83. The molecule has 1 fully saturated rings. The highest BCUT2D eigenvalue weighted by Gasteiger charge is 2.53. The second-order valence-electron chi connectivity index (χ2n) is 6.17. The van der Waals surface area contributed by atoms with Crippen molar-refractivity contribution in [1.29, 1.82) is 0 Å². The van der Waals surface area contributed by atoms with Crippen LogP contribution in [0.15, 0.2) is 66.9 Å². The molecule has 3 atom stereocenters. The normalized spacial score (nSPS) is 19.8. The van der Waals surface area contributed by atoms with Gasteiger partial charge in [0.25, 0.3) is 5.91 Å². The van der Waals surface area contributed by atoms with Gasteiger partial charge < -0.3 is 19.1 Å². The Labute approximate surface area is 159 Å². The third-order valence-corrected chi connectivity index (χ3v) is 4.82. The summed E-state index contributed by atoms with van der Waals surface area (Å²) in [5.74, 6) is 0.622. The molecule has 0 aromatic heterocycles. The Morgan fingerprint density at radius 2 is 1.74 bits per heavy atom. The number of methoxy groups -OCH3 is 3. The molecule has 0 radical (unpaired) electrons. The summed E-state index contributed by atoms with van der Waals surface area (Å²) in [7, 11) is 4.76. The monoisotopic (exact) mass is 365 g/mol. The van der Waals surface area contributed by atoms with Crippen LogP contribution in [0.4, 0.5) is 5.69 Å². The van der Waals surface area contributed by atoms with Crippen molar-refractivity contribution in [2.75, 3.05) is 26.2 Å². The van der Waals surface area contributed by atoms with Gasteiger partial charge in [0.2, 0.25) is 0 Å². The molecular formula is C22H23NO4. The third kappa shape index (κ3) is 3.40. The molecule has 140 valence electrons. The first-order chi connectivity index (χ1) is 13.2. The molecule has 5 heteroatoms. The summed E-state index contributed by atoms with van der Waals surface area (Å²) in [6, 6.07) is 16.8. The van der Waals surface area contributed by atoms with Gasteiger partial charge in [-0.25, -0.2) is 0 Å². The smallest absolute Gasteiger partial charge is 0.258 e. The Bertz CT molecular complexity index is 840. The van der Waals surface area contributed by atoms with Gasteiger partial charge in [-0.2, -0.15) is 0 Å². The summed E-state index contributed by atoms with van der Waals surface area (Å²) in [5, 5.41) is 0. The quantitative estimate of drug-likeness (QED) is 0.558. The van der Waals surface area contributed by atoms with Gasteiger partial charge in [-0.3, -0.25) is 4.79 Å². The number of carbonyl (C=O) groups excluding carboxylic acids is 1. The molecule has 1 saturated heterocycles. The lowest BCUT2D eigenvalue weighted by Crippen LogP contribution is -2.70. The van der Waals surface area contributed by atoms with Crippen molar-refractivity contribution in [3.05, 3.63) is 72.5 Å². The lowest BCUT2D eigenvalue weighted by molar-refractivity contribution is -0.143. The molecule has 1 aliphatic rings. The molecular weight excluding hydrogens is 342 g/mol. The van der Waals surface area contributed by atoms with Crippen LogP contribution >= 0.6 is 0 Å². The molecule has 2 aromatic carbocycles. The number of hydrogen-bond acceptors (Lipinski definition) is 4. The second kappa shape index (κ2) is 8.23. The van der Waals surface area contributed by atoms with Crippen LogP contribution in [-0.2, 0) is 14.3 Å². The number of amides is 1. The van der Waals surface area contributed by atoms with E-state index >= 15 is 0 Å². The van der Waals surface area contributed by atoms with Crippen molar-refractivity contribution in [3.63, 3.8) is 0 Å². The van der Waals surface area contributed by atoms with Crippen LogP contribution in [0.1, 0.15) is 5.56 Å². The molecule has 1 aliphatic heterocycles. The topological polar surface area (TPSA) is 48.0 Å². The Balaban J connectivity index is 1.98. The number of hydrogen-bond donors (Lipinski definition) is 0. The number of anilines is 1. The maximum absolute atomic E-state index is 12.7. The minimum atomic E-state index is -0.593. The average Bonchev–Trinajstić information content (AvgIpc) is 2.72. The first kappa shape index (κ1) is 18.9. The highest BCUT2D eigenvalue weighted by atomic mass is 16.5. The standard InChI is InChI=1S/C22H23NO4/c1-5-18(15-9-7-6-8-10-15)20(26-3)19-21(27-4)22(24)23(19)16-11-13-17(25-2)14-12-16/h6-14,19-21H,1H2,2-4H3/t19-,20+,21+/m0/s1. The molecule has 0 spiro atoms. The molecule has 1 amide bonds. The Morgan fingerprint density at radius 1 is 1.07 bits per heavy atom. The van der Waals surface area contributed by atoms with E-state index in [1.807, 2.05) is 54.6 Å². The molecule has 27 heavy (non-hydrogen) atoms. The third-order valence-electron chi connectivity index (χ3n) is 4.82. The predicted octanol–water partition coefficient (Wildman–Crippen LogP) is 3.31. The van der Waals surface area contributed by atoms with Gasteiger partial charge in [0.1, 0.15) is 17.9 Å². The van der Waals surface area contributed by atoms with Crippen LogP contribution in [0.5, 0.6) is 5.75 Å². The molecule has 0 unspecified atom stereocenters. The van der Waals surface area contributed by atoms with E-state index in [-0.39, 0.29) is 11.9 Å². The van der Waals surface area contributed by atoms with E-state index in [2.05, 4.69) is 12.3 Å². The fourth-order valence-corrected chi connectivity index (χ4v) is 3.47. The van der Waals surface area contributed by atoms with Gasteiger partial charge in [-0.05, 0) is 29.8 Å². The number of benzene rings is 2. The Hall–Kier alpha value is -2.85. The van der Waals surface area contributed by atoms with Crippen molar-refractivity contribution in [2.24, 2.45) is 0 Å². The SMILES string of the molecule is C=C=C(c1ccccc1)[C@@H](OC)[C@H]1[C@@H](OC)C(=O)N1c1ccc(OC)cc1. The van der Waals surface area contributed by atoms with Crippen molar-refractivity contribution < 1.29 is 19.0 Å². The fourth-order valence-electron chi connectivity index (χ4n) is 3.47. The van der Waals surface area contributed by atoms with Crippen molar-refractivity contribution in [3.8, 4) is 5.75 Å². The summed E-state index contributed by atoms with van der Waals surface area (Å²) < 4.78 is 16.5. The first-order valence-corrected chi connectivity index (χ1v) is 8.64. The molecule has 0 N–H and O–H groups in total. The van der Waals surface area contributed by atoms with Crippen LogP contribution in [0.2, 0.25) is 0 Å². The van der Waals surface area contributed by atoms with E-state index in [1.165, 1.54) is 7.11 Å². The van der Waals surface area contributed by atoms with Crippen molar-refractivity contribution in [2.45, 2.75) is 18.2 Å². The lowest BCUT2D eigenvalue weighted by Gasteiger charge is -2.49. The fraction of sp³-hybridized carbons (Fsp3) is 0.273. The molecule has 3 rings (SSSR count). The van der Waals surface area contributed by atoms with Crippen molar-refractivity contribution >= 4 is 17.2 Å². The highest BCUT2D eigenvalue weighted by molar-refractivity contribution is 6.05. The van der Waals surface area contributed by atoms with Gasteiger partial charge in [0, 0.05) is 25.5 Å². The van der Waals surface area contributed by atoms with E-state index in [0.717, 1.165) is 22.6 Å². The summed E-state index contributed by atoms with van der Waals surface area (Å²) in [5.41, 5.74) is 5.49. The van der Waals surface area contributed by atoms with Crippen LogP contribution in [0.25, 0.3) is 5.57 Å². The first-order valence-electron chi connectivity index (χ1n) is 8.64. The second-order valence-corrected chi connectivity index (χ2v) is 6.17. The maximum Gasteiger partial charge on any atom is 0.258 e. The minimum Gasteiger partial charge on any atom is -0.497 e. The molecule has 0 bridgehead atoms. The molecule has 5 nitrogen and oxygen atoms in total. The van der Waals surface area contributed by atoms with Gasteiger partial charge in [-0.15, -0.1) is 5.73 Å². The van der Waals surface area contributed by atoms with Gasteiger partial charge >= 0.3 is 0 Å². The van der Waals surface area contributed by atoms with Gasteiger partial charge in [0.05, 0.1) is 7.11 Å². The van der Waals surface area contributed by atoms with E-state index in [0.29, 0.717) is 0 Å². The molecule has 2 aromatic rings. The summed E-state index contributed by atoms with van der Waals surface area (Å²) in [6.07, 6.45) is -1.03. The molecule has 0 saturated carbocycles. The van der Waals surface area contributed by atoms with Crippen LogP contribution in [0.3, 0.4) is 0 Å². The predicted molar refractivity (Wildman–Crippen MR) is 105 cm³/mol. The number of rotatable bonds is 7. The minimum absolute atomic E-state index is 0.105. The molecule has 0 aliphatic carbocycles. The average molecular weight is 365 g/mol. The Kier molecular flexibility index (Phi) is 5.77. The zero-order valence-electron chi connectivity index (χ0n) is 15.7.